The quantitative estimate of drug-likeness (QED) is 0.452. The van der Waals surface area contributed by atoms with Gasteiger partial charge in [0.1, 0.15) is 18.0 Å². The first-order valence-electron chi connectivity index (χ1n) is 9.47. The minimum Gasteiger partial charge on any atom is -0.493 e. The minimum atomic E-state index is 0.521. The standard InChI is InChI=1S/C20H22N3O.C2H6.CH5NS/c1-5-24-19-12-7-6-11-17(19)18(21-3)14-20(22-4)23-16-10-8-9-15(2)13-16;1-2;1-3-2/h4,6-14,23H,5H2,1-3H3;1-2H3;2H2,1H3/q+1;;/b20-14+,21-18?;;. The lowest BCUT2D eigenvalue weighted by Crippen LogP contribution is -2.05. The van der Waals surface area contributed by atoms with E-state index in [9.17, 15) is 0 Å². The highest BCUT2D eigenvalue weighted by Crippen LogP contribution is 2.21. The summed E-state index contributed by atoms with van der Waals surface area (Å²) in [5.74, 6) is 1.30. The maximum absolute atomic E-state index is 5.68. The van der Waals surface area contributed by atoms with Crippen LogP contribution in [0.15, 0.2) is 65.4 Å². The van der Waals surface area contributed by atoms with Crippen LogP contribution in [0.3, 0.4) is 0 Å². The summed E-state index contributed by atoms with van der Waals surface area (Å²) in [4.78, 5) is 8.18. The minimum absolute atomic E-state index is 0.521. The molecule has 0 saturated heterocycles. The smallest absolute Gasteiger partial charge is 0.385 e. The first kappa shape index (κ1) is 26.2. The average molecular weight is 414 g/mol. The first-order chi connectivity index (χ1) is 14.1. The van der Waals surface area contributed by atoms with Gasteiger partial charge in [-0.05, 0) is 49.9 Å². The van der Waals surface area contributed by atoms with E-state index >= 15 is 0 Å². The molecule has 0 bridgehead atoms. The van der Waals surface area contributed by atoms with E-state index in [1.54, 1.807) is 13.1 Å². The molecule has 0 amide bonds. The number of benzene rings is 2. The summed E-state index contributed by atoms with van der Waals surface area (Å²) in [6.45, 7) is 14.1. The van der Waals surface area contributed by atoms with Gasteiger partial charge in [0.15, 0.2) is 0 Å². The summed E-state index contributed by atoms with van der Waals surface area (Å²) >= 11 is 1.25. The highest BCUT2D eigenvalue weighted by molar-refractivity contribution is 7.96. The number of aryl methyl sites for hydroxylation is 1. The number of nitrogens with one attached hydrogen (secondary N) is 1. The Morgan fingerprint density at radius 2 is 1.90 bits per heavy atom. The van der Waals surface area contributed by atoms with Gasteiger partial charge in [-0.3, -0.25) is 10.1 Å². The normalized spacial score (nSPS) is 10.6. The van der Waals surface area contributed by atoms with Crippen LogP contribution < -0.4 is 15.2 Å². The topological polar surface area (TPSA) is 64.0 Å². The Bertz CT molecular complexity index is 826. The molecule has 0 spiro atoms. The van der Waals surface area contributed by atoms with Crippen LogP contribution in [0, 0.1) is 13.5 Å². The van der Waals surface area contributed by atoms with Crippen molar-refractivity contribution in [2.24, 2.45) is 10.1 Å². The summed E-state index contributed by atoms with van der Waals surface area (Å²) in [7, 11) is 1.73. The van der Waals surface area contributed by atoms with Crippen molar-refractivity contribution in [3.8, 4) is 12.3 Å². The number of anilines is 1. The van der Waals surface area contributed by atoms with Gasteiger partial charge in [-0.1, -0.05) is 50.1 Å². The number of para-hydroxylation sites is 1. The fourth-order valence-corrected chi connectivity index (χ4v) is 2.33. The molecule has 156 valence electrons. The molecule has 0 saturated carbocycles. The summed E-state index contributed by atoms with van der Waals surface area (Å²) in [5, 5.41) is 7.97. The number of aliphatic imine (C=N–C) groups is 1. The monoisotopic (exact) mass is 413 g/mol. The molecule has 0 fully saturated rings. The van der Waals surface area contributed by atoms with Gasteiger partial charge in [0, 0.05) is 12.6 Å². The molecule has 2 rings (SSSR count). The van der Waals surface area contributed by atoms with Gasteiger partial charge in [0.2, 0.25) is 0 Å². The van der Waals surface area contributed by atoms with Crippen molar-refractivity contribution in [1.82, 2.24) is 0 Å². The molecule has 0 radical (unpaired) electrons. The van der Waals surface area contributed by atoms with E-state index in [1.165, 1.54) is 11.9 Å². The number of hydrogen-bond acceptors (Lipinski definition) is 5. The van der Waals surface area contributed by atoms with Gasteiger partial charge >= 0.3 is 5.82 Å². The lowest BCUT2D eigenvalue weighted by Gasteiger charge is -2.09. The van der Waals surface area contributed by atoms with Crippen LogP contribution in [-0.2, 0) is 0 Å². The zero-order valence-electron chi connectivity index (χ0n) is 18.3. The maximum atomic E-state index is 5.68. The average Bonchev–Trinajstić information content (AvgIpc) is 2.74. The zero-order valence-corrected chi connectivity index (χ0v) is 19.1. The third-order valence-electron chi connectivity index (χ3n) is 3.41. The molecule has 29 heavy (non-hydrogen) atoms. The van der Waals surface area contributed by atoms with E-state index < -0.39 is 0 Å². The molecule has 3 N–H and O–H groups in total. The van der Waals surface area contributed by atoms with Gasteiger partial charge in [0.05, 0.1) is 18.4 Å². The van der Waals surface area contributed by atoms with Crippen molar-refractivity contribution < 1.29 is 4.74 Å². The van der Waals surface area contributed by atoms with Gasteiger partial charge in [-0.25, -0.2) is 5.32 Å². The Kier molecular flexibility index (Phi) is 14.7. The van der Waals surface area contributed by atoms with E-state index in [2.05, 4.69) is 15.2 Å². The number of ether oxygens (including phenoxy) is 1. The van der Waals surface area contributed by atoms with Crippen molar-refractivity contribution in [2.45, 2.75) is 27.7 Å². The highest BCUT2D eigenvalue weighted by Gasteiger charge is 2.13. The number of rotatable bonds is 6. The molecule has 0 aliphatic heterocycles. The van der Waals surface area contributed by atoms with Crippen LogP contribution in [0.4, 0.5) is 5.69 Å². The van der Waals surface area contributed by atoms with Crippen LogP contribution >= 0.6 is 11.9 Å². The Hall–Kier alpha value is -2.75. The molecule has 5 nitrogen and oxygen atoms in total. The van der Waals surface area contributed by atoms with Crippen LogP contribution in [0.25, 0.3) is 4.85 Å². The number of allylic oxidation sites excluding steroid dienone is 1. The van der Waals surface area contributed by atoms with Crippen LogP contribution in [0.1, 0.15) is 31.9 Å². The maximum Gasteiger partial charge on any atom is 0.385 e. The highest BCUT2D eigenvalue weighted by atomic mass is 32.2. The van der Waals surface area contributed by atoms with Crippen molar-refractivity contribution in [3.63, 3.8) is 0 Å². The van der Waals surface area contributed by atoms with Gasteiger partial charge in [0.25, 0.3) is 0 Å². The second-order valence-corrected chi connectivity index (χ2v) is 5.90. The Morgan fingerprint density at radius 1 is 1.24 bits per heavy atom. The zero-order chi connectivity index (χ0) is 22.1. The van der Waals surface area contributed by atoms with Gasteiger partial charge < -0.3 is 4.74 Å². The molecule has 6 heteroatoms. The van der Waals surface area contributed by atoms with Crippen LogP contribution in [0.2, 0.25) is 0 Å². The lowest BCUT2D eigenvalue weighted by atomic mass is 10.1. The van der Waals surface area contributed by atoms with Gasteiger partial charge in [-0.2, -0.15) is 4.85 Å². The number of hydrogen-bond donors (Lipinski definition) is 2. The molecule has 2 aromatic carbocycles. The van der Waals surface area contributed by atoms with Gasteiger partial charge in [-0.15, -0.1) is 0 Å². The second kappa shape index (κ2) is 16.2. The van der Waals surface area contributed by atoms with Crippen LogP contribution in [-0.4, -0.2) is 25.6 Å². The molecule has 0 aromatic heterocycles. The molecule has 0 aliphatic carbocycles. The lowest BCUT2D eigenvalue weighted by molar-refractivity contribution is 0.339. The van der Waals surface area contributed by atoms with Crippen molar-refractivity contribution in [3.05, 3.63) is 76.4 Å². The summed E-state index contributed by atoms with van der Waals surface area (Å²) in [6.07, 6.45) is 3.63. The Balaban J connectivity index is 0.00000143. The molecular formula is C23H33N4OS+. The van der Waals surface area contributed by atoms with E-state index in [0.717, 1.165) is 28.3 Å². The summed E-state index contributed by atoms with van der Waals surface area (Å²) in [5.41, 5.74) is 3.71. The SMILES string of the molecule is C#[N+]/C(=C\C(=NC)c1ccccc1OCC)Nc1cccc(C)c1.CC.CSN. The fraction of sp³-hybridized carbons (Fsp3) is 0.304. The van der Waals surface area contributed by atoms with E-state index in [0.29, 0.717) is 12.4 Å². The predicted molar refractivity (Wildman–Crippen MR) is 130 cm³/mol. The second-order valence-electron chi connectivity index (χ2n) is 5.43. The molecule has 0 heterocycles. The van der Waals surface area contributed by atoms with E-state index in [4.69, 9.17) is 16.4 Å². The summed E-state index contributed by atoms with van der Waals surface area (Å²) in [6, 6.07) is 15.8. The van der Waals surface area contributed by atoms with Crippen LogP contribution in [0.5, 0.6) is 5.75 Å². The Morgan fingerprint density at radius 3 is 2.45 bits per heavy atom. The van der Waals surface area contributed by atoms with Crippen molar-refractivity contribution in [1.29, 1.82) is 0 Å². The molecule has 0 atom stereocenters. The number of nitrogens with zero attached hydrogens (tertiary/aromatic N) is 2. The third kappa shape index (κ3) is 9.84. The Labute approximate surface area is 180 Å². The molecule has 0 unspecified atom stereocenters. The number of nitrogens with two attached hydrogens (primary N) is 1. The summed E-state index contributed by atoms with van der Waals surface area (Å²) < 4.78 is 5.68. The molecule has 2 aromatic rings. The van der Waals surface area contributed by atoms with Crippen molar-refractivity contribution >= 4 is 23.3 Å². The third-order valence-corrected chi connectivity index (χ3v) is 3.41. The van der Waals surface area contributed by atoms with E-state index in [1.807, 2.05) is 82.5 Å². The van der Waals surface area contributed by atoms with E-state index in [-0.39, 0.29) is 0 Å². The predicted octanol–water partition coefficient (Wildman–Crippen LogP) is 5.98. The van der Waals surface area contributed by atoms with Crippen molar-refractivity contribution in [2.75, 3.05) is 25.2 Å². The molecule has 0 aliphatic rings. The first-order valence-corrected chi connectivity index (χ1v) is 10.8. The fourth-order valence-electron chi connectivity index (χ4n) is 2.33. The largest absolute Gasteiger partial charge is 0.493 e. The molecular weight excluding hydrogens is 380 g/mol.